The highest BCUT2D eigenvalue weighted by Gasteiger charge is 2.48. The van der Waals surface area contributed by atoms with E-state index < -0.39 is 0 Å². The van der Waals surface area contributed by atoms with Crippen LogP contribution in [0.2, 0.25) is 0 Å². The number of carbonyl (C=O) groups is 1. The number of ketones is 1. The molecule has 180 valence electrons. The van der Waals surface area contributed by atoms with Crippen molar-refractivity contribution in [1.82, 2.24) is 0 Å². The molecule has 35 heavy (non-hydrogen) atoms. The van der Waals surface area contributed by atoms with Crippen LogP contribution in [-0.4, -0.2) is 18.6 Å². The van der Waals surface area contributed by atoms with Gasteiger partial charge in [-0.2, -0.15) is 0 Å². The van der Waals surface area contributed by atoms with E-state index in [0.29, 0.717) is 37.2 Å². The van der Waals surface area contributed by atoms with Gasteiger partial charge in [0.25, 0.3) is 0 Å². The monoisotopic (exact) mass is 465 g/mol. The van der Waals surface area contributed by atoms with E-state index in [1.165, 1.54) is 11.1 Å². The standard InChI is InChI=1S/C32H35NO2/c1-24-29(19-11-10-18-28(33)23-25-13-9-12-20-31(25)35-2)30(34)21-22-32(24,26-14-5-3-6-15-26)27-16-7-4-8-17-27/h3-17,20,24,29,33H,18-19,21-23H2,1-2H3/b11-10+,33-28?/t24-,29+/m0/s1. The van der Waals surface area contributed by atoms with Gasteiger partial charge in [0.2, 0.25) is 0 Å². The molecule has 0 amide bonds. The molecule has 2 atom stereocenters. The van der Waals surface area contributed by atoms with Gasteiger partial charge in [0.05, 0.1) is 7.11 Å². The van der Waals surface area contributed by atoms with Gasteiger partial charge in [-0.25, -0.2) is 0 Å². The summed E-state index contributed by atoms with van der Waals surface area (Å²) in [5.74, 6) is 1.31. The molecule has 3 aromatic carbocycles. The summed E-state index contributed by atoms with van der Waals surface area (Å²) in [4.78, 5) is 13.1. The molecule has 1 saturated carbocycles. The van der Waals surface area contributed by atoms with Gasteiger partial charge in [-0.1, -0.05) is 97.9 Å². The molecule has 0 spiro atoms. The van der Waals surface area contributed by atoms with Gasteiger partial charge in [-0.15, -0.1) is 0 Å². The third-order valence-electron chi connectivity index (χ3n) is 7.66. The van der Waals surface area contributed by atoms with Gasteiger partial charge in [0, 0.05) is 36.3 Å². The van der Waals surface area contributed by atoms with Crippen molar-refractivity contribution < 1.29 is 9.53 Å². The van der Waals surface area contributed by atoms with E-state index in [0.717, 1.165) is 17.7 Å². The molecule has 0 aliphatic heterocycles. The fraction of sp³-hybridized carbons (Fsp3) is 0.312. The predicted molar refractivity (Wildman–Crippen MR) is 143 cm³/mol. The van der Waals surface area contributed by atoms with Gasteiger partial charge in [0.15, 0.2) is 0 Å². The lowest BCUT2D eigenvalue weighted by molar-refractivity contribution is -0.128. The van der Waals surface area contributed by atoms with Crippen LogP contribution in [0.4, 0.5) is 0 Å². The van der Waals surface area contributed by atoms with Gasteiger partial charge >= 0.3 is 0 Å². The summed E-state index contributed by atoms with van der Waals surface area (Å²) >= 11 is 0. The van der Waals surface area contributed by atoms with Crippen LogP contribution in [0, 0.1) is 17.2 Å². The molecule has 1 aliphatic carbocycles. The number of hydrogen-bond acceptors (Lipinski definition) is 3. The Labute approximate surface area is 209 Å². The number of allylic oxidation sites excluding steroid dienone is 2. The molecule has 0 saturated heterocycles. The maximum atomic E-state index is 13.1. The zero-order valence-electron chi connectivity index (χ0n) is 20.7. The molecule has 1 N–H and O–H groups in total. The summed E-state index contributed by atoms with van der Waals surface area (Å²) in [7, 11) is 1.66. The van der Waals surface area contributed by atoms with Crippen molar-refractivity contribution in [2.45, 2.75) is 44.4 Å². The van der Waals surface area contributed by atoms with Crippen LogP contribution in [0.1, 0.15) is 49.3 Å². The van der Waals surface area contributed by atoms with Crippen LogP contribution in [0.25, 0.3) is 0 Å². The number of Topliss-reactive ketones (excluding diaryl/α,β-unsaturated/α-hetero) is 1. The summed E-state index contributed by atoms with van der Waals surface area (Å²) in [6.45, 7) is 2.25. The van der Waals surface area contributed by atoms with Gasteiger partial charge < -0.3 is 10.1 Å². The molecule has 3 nitrogen and oxygen atoms in total. The summed E-state index contributed by atoms with van der Waals surface area (Å²) < 4.78 is 5.42. The first-order valence-corrected chi connectivity index (χ1v) is 12.5. The Morgan fingerprint density at radius 2 is 1.54 bits per heavy atom. The number of rotatable bonds is 9. The lowest BCUT2D eigenvalue weighted by atomic mass is 9.55. The number of para-hydroxylation sites is 1. The first-order valence-electron chi connectivity index (χ1n) is 12.5. The molecule has 3 aromatic rings. The molecule has 0 radical (unpaired) electrons. The normalized spacial score (nSPS) is 19.5. The Kier molecular flexibility index (Phi) is 7.97. The lowest BCUT2D eigenvalue weighted by Gasteiger charge is -2.47. The molecular weight excluding hydrogens is 430 g/mol. The van der Waals surface area contributed by atoms with E-state index in [2.05, 4.69) is 79.7 Å². The molecule has 0 heterocycles. The van der Waals surface area contributed by atoms with Crippen LogP contribution >= 0.6 is 0 Å². The molecule has 0 unspecified atom stereocenters. The minimum absolute atomic E-state index is 0.0381. The van der Waals surface area contributed by atoms with Crippen LogP contribution in [0.5, 0.6) is 5.75 Å². The van der Waals surface area contributed by atoms with E-state index in [1.807, 2.05) is 24.3 Å². The van der Waals surface area contributed by atoms with Crippen molar-refractivity contribution in [3.05, 3.63) is 114 Å². The Hall–Kier alpha value is -3.46. The summed E-state index contributed by atoms with van der Waals surface area (Å²) in [5.41, 5.74) is 4.07. The number of nitrogens with one attached hydrogen (secondary N) is 1. The maximum Gasteiger partial charge on any atom is 0.136 e. The highest BCUT2D eigenvalue weighted by molar-refractivity contribution is 5.85. The van der Waals surface area contributed by atoms with Crippen LogP contribution in [0.15, 0.2) is 97.1 Å². The third-order valence-corrected chi connectivity index (χ3v) is 7.66. The Bertz CT molecular complexity index is 1130. The Morgan fingerprint density at radius 1 is 0.943 bits per heavy atom. The minimum Gasteiger partial charge on any atom is -0.496 e. The average molecular weight is 466 g/mol. The summed E-state index contributed by atoms with van der Waals surface area (Å²) in [6.07, 6.45) is 7.46. The topological polar surface area (TPSA) is 50.1 Å². The fourth-order valence-corrected chi connectivity index (χ4v) is 5.76. The van der Waals surface area contributed by atoms with Gasteiger partial charge in [-0.3, -0.25) is 4.79 Å². The minimum atomic E-state index is -0.175. The quantitative estimate of drug-likeness (QED) is 0.268. The van der Waals surface area contributed by atoms with Crippen LogP contribution < -0.4 is 4.74 Å². The highest BCUT2D eigenvalue weighted by Crippen LogP contribution is 2.50. The van der Waals surface area contributed by atoms with E-state index in [4.69, 9.17) is 10.1 Å². The van der Waals surface area contributed by atoms with E-state index >= 15 is 0 Å². The molecule has 4 rings (SSSR count). The van der Waals surface area contributed by atoms with E-state index in [-0.39, 0.29) is 17.3 Å². The van der Waals surface area contributed by atoms with Gasteiger partial charge in [0.1, 0.15) is 11.5 Å². The second kappa shape index (κ2) is 11.3. The molecular formula is C32H35NO2. The number of carbonyl (C=O) groups excluding carboxylic acids is 1. The van der Waals surface area contributed by atoms with Crippen LogP contribution in [-0.2, 0) is 16.6 Å². The molecule has 1 fully saturated rings. The van der Waals surface area contributed by atoms with Gasteiger partial charge in [-0.05, 0) is 41.5 Å². The summed E-state index contributed by atoms with van der Waals surface area (Å²) in [6, 6.07) is 29.2. The molecule has 0 aromatic heterocycles. The number of hydrogen-bond donors (Lipinski definition) is 1. The Morgan fingerprint density at radius 3 is 2.17 bits per heavy atom. The third kappa shape index (κ3) is 5.30. The van der Waals surface area contributed by atoms with Crippen molar-refractivity contribution in [2.75, 3.05) is 7.11 Å². The van der Waals surface area contributed by atoms with Crippen molar-refractivity contribution in [2.24, 2.45) is 11.8 Å². The number of methoxy groups -OCH3 is 1. The Balaban J connectivity index is 1.49. The molecule has 1 aliphatic rings. The first kappa shape index (κ1) is 24.7. The molecule has 3 heteroatoms. The van der Waals surface area contributed by atoms with Crippen molar-refractivity contribution in [3.8, 4) is 5.75 Å². The SMILES string of the molecule is COc1ccccc1CC(=N)C/C=C/C[C@H]1C(=O)CCC(c2ccccc2)(c2ccccc2)[C@H]1C. The van der Waals surface area contributed by atoms with Crippen molar-refractivity contribution >= 4 is 11.5 Å². The highest BCUT2D eigenvalue weighted by atomic mass is 16.5. The smallest absolute Gasteiger partial charge is 0.136 e. The summed E-state index contributed by atoms with van der Waals surface area (Å²) in [5, 5.41) is 8.41. The number of benzene rings is 3. The fourth-order valence-electron chi connectivity index (χ4n) is 5.76. The number of ether oxygens (including phenoxy) is 1. The second-order valence-electron chi connectivity index (χ2n) is 9.57. The zero-order valence-corrected chi connectivity index (χ0v) is 20.7. The zero-order chi connectivity index (χ0) is 24.7. The first-order chi connectivity index (χ1) is 17.1. The largest absolute Gasteiger partial charge is 0.496 e. The predicted octanol–water partition coefficient (Wildman–Crippen LogP) is 7.20. The molecule has 0 bridgehead atoms. The van der Waals surface area contributed by atoms with E-state index in [9.17, 15) is 4.79 Å². The second-order valence-corrected chi connectivity index (χ2v) is 9.57. The average Bonchev–Trinajstić information content (AvgIpc) is 2.90. The van der Waals surface area contributed by atoms with E-state index in [1.54, 1.807) is 7.11 Å². The van der Waals surface area contributed by atoms with Crippen LogP contribution in [0.3, 0.4) is 0 Å². The van der Waals surface area contributed by atoms with Crippen molar-refractivity contribution in [1.29, 1.82) is 5.41 Å². The van der Waals surface area contributed by atoms with Crippen molar-refractivity contribution in [3.63, 3.8) is 0 Å². The maximum absolute atomic E-state index is 13.1. The lowest BCUT2D eigenvalue weighted by Crippen LogP contribution is -2.46.